The molecule has 186 valence electrons. The summed E-state index contributed by atoms with van der Waals surface area (Å²) in [6.45, 7) is 0. The number of benzene rings is 5. The summed E-state index contributed by atoms with van der Waals surface area (Å²) in [5.74, 6) is 2.68. The number of fused-ring (bicyclic) bond motifs is 7. The minimum absolute atomic E-state index is 0.153. The fourth-order valence-electron chi connectivity index (χ4n) is 5.72. The summed E-state index contributed by atoms with van der Waals surface area (Å²) in [5, 5.41) is 9.30. The molecule has 0 fully saturated rings. The molecule has 0 N–H and O–H groups in total. The molecule has 6 nitrogen and oxygen atoms in total. The van der Waals surface area contributed by atoms with Crippen molar-refractivity contribution in [3.63, 3.8) is 0 Å². The molecule has 0 aliphatic carbocycles. The summed E-state index contributed by atoms with van der Waals surface area (Å²) in [4.78, 5) is 9.84. The van der Waals surface area contributed by atoms with Crippen LogP contribution >= 0.6 is 0 Å². The van der Waals surface area contributed by atoms with Crippen LogP contribution in [0.25, 0.3) is 38.6 Å². The van der Waals surface area contributed by atoms with Crippen LogP contribution in [-0.2, 0) is 0 Å². The first kappa shape index (κ1) is 21.8. The van der Waals surface area contributed by atoms with E-state index < -0.39 is 0 Å². The van der Waals surface area contributed by atoms with Gasteiger partial charge in [-0.1, -0.05) is 91.0 Å². The van der Waals surface area contributed by atoms with Gasteiger partial charge in [0.2, 0.25) is 5.88 Å². The van der Waals surface area contributed by atoms with Gasteiger partial charge in [-0.25, -0.2) is 14.5 Å². The van der Waals surface area contributed by atoms with Gasteiger partial charge in [0.05, 0.1) is 12.7 Å². The van der Waals surface area contributed by atoms with E-state index in [0.29, 0.717) is 11.7 Å². The first-order valence-electron chi connectivity index (χ1n) is 12.9. The molecule has 0 saturated carbocycles. The van der Waals surface area contributed by atoms with Gasteiger partial charge in [0, 0.05) is 22.4 Å². The average molecular weight is 507 g/mol. The Hall–Kier alpha value is -5.23. The van der Waals surface area contributed by atoms with Crippen molar-refractivity contribution in [3.05, 3.63) is 126 Å². The van der Waals surface area contributed by atoms with Gasteiger partial charge in [-0.3, -0.25) is 0 Å². The molecule has 39 heavy (non-hydrogen) atoms. The Balaban J connectivity index is 1.39. The van der Waals surface area contributed by atoms with Crippen molar-refractivity contribution in [1.29, 1.82) is 0 Å². The second kappa shape index (κ2) is 8.39. The van der Waals surface area contributed by atoms with E-state index in [4.69, 9.17) is 24.5 Å². The van der Waals surface area contributed by atoms with Crippen molar-refractivity contribution in [2.75, 3.05) is 7.11 Å². The molecular weight excluding hydrogens is 484 g/mol. The van der Waals surface area contributed by atoms with E-state index in [-0.39, 0.29) is 5.92 Å². The largest absolute Gasteiger partial charge is 0.497 e. The van der Waals surface area contributed by atoms with Gasteiger partial charge in [0.15, 0.2) is 11.5 Å². The molecule has 0 bridgehead atoms. The number of methoxy groups -OCH3 is 1. The lowest BCUT2D eigenvalue weighted by molar-refractivity contribution is 0.414. The Morgan fingerprint density at radius 2 is 1.51 bits per heavy atom. The number of hydrogen-bond acceptors (Lipinski definition) is 5. The van der Waals surface area contributed by atoms with E-state index >= 15 is 0 Å². The number of aromatic nitrogens is 4. The quantitative estimate of drug-likeness (QED) is 0.250. The summed E-state index contributed by atoms with van der Waals surface area (Å²) in [5.41, 5.74) is 4.76. The standard InChI is InChI=1S/C33H22N4O2/c1-38-23-16-13-22(14-17-23)28-27-18-15-21-8-3-5-11-25(21)30(27)39-33-29(28)32-35-31(36-37(32)19-34-33)26-12-6-9-20-7-2-4-10-24(20)26/h2-19,28H,1H3. The third-order valence-corrected chi connectivity index (χ3v) is 7.58. The molecule has 0 saturated heterocycles. The lowest BCUT2D eigenvalue weighted by Gasteiger charge is -2.28. The maximum atomic E-state index is 6.56. The maximum Gasteiger partial charge on any atom is 0.228 e. The fraction of sp³-hybridized carbons (Fsp3) is 0.0606. The maximum absolute atomic E-state index is 6.56. The number of ether oxygens (including phenoxy) is 2. The molecule has 7 aromatic rings. The van der Waals surface area contributed by atoms with Gasteiger partial charge in [-0.15, -0.1) is 5.10 Å². The van der Waals surface area contributed by atoms with Crippen molar-refractivity contribution in [3.8, 4) is 28.8 Å². The molecule has 1 aliphatic rings. The average Bonchev–Trinajstić information content (AvgIpc) is 3.44. The first-order valence-corrected chi connectivity index (χ1v) is 12.9. The Labute approximate surface area is 224 Å². The van der Waals surface area contributed by atoms with Crippen LogP contribution in [0.2, 0.25) is 0 Å². The Kier molecular flexibility index (Phi) is 4.70. The van der Waals surface area contributed by atoms with Crippen molar-refractivity contribution in [2.45, 2.75) is 5.92 Å². The minimum atomic E-state index is -0.153. The predicted octanol–water partition coefficient (Wildman–Crippen LogP) is 7.39. The highest BCUT2D eigenvalue weighted by molar-refractivity contribution is 5.95. The number of hydrogen-bond donors (Lipinski definition) is 0. The first-order chi connectivity index (χ1) is 19.3. The molecule has 1 unspecified atom stereocenters. The molecule has 1 atom stereocenters. The zero-order chi connectivity index (χ0) is 25.9. The van der Waals surface area contributed by atoms with Crippen LogP contribution in [0.4, 0.5) is 0 Å². The smallest absolute Gasteiger partial charge is 0.228 e. The minimum Gasteiger partial charge on any atom is -0.497 e. The number of rotatable bonds is 3. The molecular formula is C33H22N4O2. The van der Waals surface area contributed by atoms with Crippen LogP contribution in [0.5, 0.6) is 17.4 Å². The van der Waals surface area contributed by atoms with Crippen LogP contribution < -0.4 is 9.47 Å². The third-order valence-electron chi connectivity index (χ3n) is 7.58. The zero-order valence-corrected chi connectivity index (χ0v) is 21.1. The van der Waals surface area contributed by atoms with E-state index in [0.717, 1.165) is 60.9 Å². The SMILES string of the molecule is COc1ccc(C2c3ccc4ccccc4c3Oc3ncn4nc(-c5cccc6ccccc56)nc4c32)cc1. The summed E-state index contributed by atoms with van der Waals surface area (Å²) < 4.78 is 13.8. The van der Waals surface area contributed by atoms with Crippen molar-refractivity contribution < 1.29 is 9.47 Å². The molecule has 0 radical (unpaired) electrons. The van der Waals surface area contributed by atoms with Crippen molar-refractivity contribution in [2.24, 2.45) is 0 Å². The van der Waals surface area contributed by atoms with E-state index in [1.54, 1.807) is 18.0 Å². The second-order valence-electron chi connectivity index (χ2n) is 9.71. The second-order valence-corrected chi connectivity index (χ2v) is 9.71. The molecule has 2 aromatic heterocycles. The lowest BCUT2D eigenvalue weighted by Crippen LogP contribution is -2.15. The van der Waals surface area contributed by atoms with Gasteiger partial charge < -0.3 is 9.47 Å². The molecule has 0 spiro atoms. The van der Waals surface area contributed by atoms with E-state index in [2.05, 4.69) is 60.7 Å². The summed E-state index contributed by atoms with van der Waals surface area (Å²) in [6, 6.07) is 35.3. The Bertz CT molecular complexity index is 2040. The summed E-state index contributed by atoms with van der Waals surface area (Å²) in [7, 11) is 1.68. The van der Waals surface area contributed by atoms with Crippen LogP contribution in [0, 0.1) is 0 Å². The molecule has 1 aliphatic heterocycles. The monoisotopic (exact) mass is 506 g/mol. The van der Waals surface area contributed by atoms with Gasteiger partial charge in [-0.05, 0) is 33.9 Å². The zero-order valence-electron chi connectivity index (χ0n) is 21.1. The van der Waals surface area contributed by atoms with Crippen LogP contribution in [0.1, 0.15) is 22.6 Å². The van der Waals surface area contributed by atoms with E-state index in [1.807, 2.05) is 42.5 Å². The van der Waals surface area contributed by atoms with Gasteiger partial charge in [0.1, 0.15) is 17.8 Å². The topological polar surface area (TPSA) is 61.5 Å². The van der Waals surface area contributed by atoms with Crippen LogP contribution in [-0.4, -0.2) is 26.7 Å². The van der Waals surface area contributed by atoms with Crippen LogP contribution in [0.15, 0.2) is 109 Å². The van der Waals surface area contributed by atoms with Crippen molar-refractivity contribution in [1.82, 2.24) is 19.6 Å². The highest BCUT2D eigenvalue weighted by Crippen LogP contribution is 2.50. The number of nitrogens with zero attached hydrogens (tertiary/aromatic N) is 4. The predicted molar refractivity (Wildman–Crippen MR) is 152 cm³/mol. The highest BCUT2D eigenvalue weighted by atomic mass is 16.5. The van der Waals surface area contributed by atoms with Gasteiger partial charge >= 0.3 is 0 Å². The van der Waals surface area contributed by atoms with E-state index in [1.165, 1.54) is 0 Å². The van der Waals surface area contributed by atoms with Gasteiger partial charge in [-0.2, -0.15) is 0 Å². The van der Waals surface area contributed by atoms with Gasteiger partial charge in [0.25, 0.3) is 0 Å². The molecule has 0 amide bonds. The lowest BCUT2D eigenvalue weighted by atomic mass is 9.83. The Morgan fingerprint density at radius 1 is 0.769 bits per heavy atom. The third kappa shape index (κ3) is 3.31. The summed E-state index contributed by atoms with van der Waals surface area (Å²) in [6.07, 6.45) is 1.69. The Morgan fingerprint density at radius 3 is 2.33 bits per heavy atom. The van der Waals surface area contributed by atoms with Crippen molar-refractivity contribution >= 4 is 27.2 Å². The molecule has 5 aromatic carbocycles. The summed E-state index contributed by atoms with van der Waals surface area (Å²) >= 11 is 0. The molecule has 6 heteroatoms. The fourth-order valence-corrected chi connectivity index (χ4v) is 5.72. The highest BCUT2D eigenvalue weighted by Gasteiger charge is 2.34. The normalized spacial score (nSPS) is 14.2. The molecule has 3 heterocycles. The molecule has 8 rings (SSSR count). The van der Waals surface area contributed by atoms with E-state index in [9.17, 15) is 0 Å². The van der Waals surface area contributed by atoms with Crippen LogP contribution in [0.3, 0.4) is 0 Å².